The van der Waals surface area contributed by atoms with Crippen LogP contribution in [0, 0.1) is 5.92 Å². The van der Waals surface area contributed by atoms with E-state index in [1.54, 1.807) is 0 Å². The summed E-state index contributed by atoms with van der Waals surface area (Å²) in [5, 5.41) is 9.84. The van der Waals surface area contributed by atoms with Gasteiger partial charge >= 0.3 is 0 Å². The first kappa shape index (κ1) is 14.4. The van der Waals surface area contributed by atoms with Gasteiger partial charge in [-0.15, -0.1) is 0 Å². The standard InChI is InChI=1S/C17H27NO/c1-4-17(19)14-9-11-15(12-10-14)18(3)16-8-6-5-7-13(16)2/h9-13,16-17,19H,4-8H2,1-3H3. The maximum absolute atomic E-state index is 9.84. The lowest BCUT2D eigenvalue weighted by Crippen LogP contribution is -2.38. The van der Waals surface area contributed by atoms with Crippen molar-refractivity contribution in [2.75, 3.05) is 11.9 Å². The van der Waals surface area contributed by atoms with Crippen molar-refractivity contribution >= 4 is 5.69 Å². The summed E-state index contributed by atoms with van der Waals surface area (Å²) in [7, 11) is 2.21. The molecular weight excluding hydrogens is 234 g/mol. The van der Waals surface area contributed by atoms with E-state index >= 15 is 0 Å². The minimum Gasteiger partial charge on any atom is -0.388 e. The summed E-state index contributed by atoms with van der Waals surface area (Å²) in [5.41, 5.74) is 2.29. The number of hydrogen-bond acceptors (Lipinski definition) is 2. The van der Waals surface area contributed by atoms with Crippen LogP contribution in [0.4, 0.5) is 5.69 Å². The molecular formula is C17H27NO. The van der Waals surface area contributed by atoms with Crippen LogP contribution in [0.5, 0.6) is 0 Å². The van der Waals surface area contributed by atoms with Gasteiger partial charge in [0.15, 0.2) is 0 Å². The van der Waals surface area contributed by atoms with Gasteiger partial charge in [0.1, 0.15) is 0 Å². The lowest BCUT2D eigenvalue weighted by Gasteiger charge is -2.37. The van der Waals surface area contributed by atoms with Crippen LogP contribution in [0.25, 0.3) is 0 Å². The van der Waals surface area contributed by atoms with Gasteiger partial charge in [-0.2, -0.15) is 0 Å². The van der Waals surface area contributed by atoms with Gasteiger partial charge in [0.05, 0.1) is 6.10 Å². The van der Waals surface area contributed by atoms with Crippen molar-refractivity contribution in [2.45, 2.75) is 58.1 Å². The number of rotatable bonds is 4. The van der Waals surface area contributed by atoms with E-state index in [9.17, 15) is 5.11 Å². The topological polar surface area (TPSA) is 23.5 Å². The fourth-order valence-corrected chi connectivity index (χ4v) is 3.23. The van der Waals surface area contributed by atoms with Gasteiger partial charge in [0.2, 0.25) is 0 Å². The highest BCUT2D eigenvalue weighted by Crippen LogP contribution is 2.31. The van der Waals surface area contributed by atoms with E-state index in [1.165, 1.54) is 31.4 Å². The molecule has 0 heterocycles. The van der Waals surface area contributed by atoms with Crippen molar-refractivity contribution < 1.29 is 5.11 Å². The average Bonchev–Trinajstić information content (AvgIpc) is 2.46. The highest BCUT2D eigenvalue weighted by Gasteiger charge is 2.25. The van der Waals surface area contributed by atoms with Gasteiger partial charge in [0, 0.05) is 18.8 Å². The summed E-state index contributed by atoms with van der Waals surface area (Å²) in [6.45, 7) is 4.38. The Morgan fingerprint density at radius 2 is 1.84 bits per heavy atom. The van der Waals surface area contributed by atoms with Crippen molar-refractivity contribution in [2.24, 2.45) is 5.92 Å². The van der Waals surface area contributed by atoms with Gasteiger partial charge in [-0.05, 0) is 42.9 Å². The number of benzene rings is 1. The molecule has 19 heavy (non-hydrogen) atoms. The predicted molar refractivity (Wildman–Crippen MR) is 81.5 cm³/mol. The normalized spacial score (nSPS) is 25.1. The zero-order chi connectivity index (χ0) is 13.8. The summed E-state index contributed by atoms with van der Waals surface area (Å²) >= 11 is 0. The van der Waals surface area contributed by atoms with Crippen LogP contribution in [-0.2, 0) is 0 Å². The number of aliphatic hydroxyl groups is 1. The molecule has 1 fully saturated rings. The second-order valence-corrected chi connectivity index (χ2v) is 5.96. The molecule has 0 amide bonds. The quantitative estimate of drug-likeness (QED) is 0.880. The molecule has 0 spiro atoms. The fourth-order valence-electron chi connectivity index (χ4n) is 3.23. The molecule has 2 heteroatoms. The molecule has 1 aliphatic carbocycles. The van der Waals surface area contributed by atoms with Crippen LogP contribution >= 0.6 is 0 Å². The zero-order valence-corrected chi connectivity index (χ0v) is 12.5. The Morgan fingerprint density at radius 3 is 2.42 bits per heavy atom. The second-order valence-electron chi connectivity index (χ2n) is 5.96. The van der Waals surface area contributed by atoms with Gasteiger partial charge in [0.25, 0.3) is 0 Å². The molecule has 106 valence electrons. The van der Waals surface area contributed by atoms with E-state index in [0.29, 0.717) is 6.04 Å². The first-order valence-electron chi connectivity index (χ1n) is 7.64. The maximum Gasteiger partial charge on any atom is 0.0787 e. The van der Waals surface area contributed by atoms with Gasteiger partial charge in [-0.1, -0.05) is 38.8 Å². The van der Waals surface area contributed by atoms with E-state index in [-0.39, 0.29) is 6.10 Å². The summed E-state index contributed by atoms with van der Waals surface area (Å²) in [5.74, 6) is 0.777. The molecule has 0 bridgehead atoms. The molecule has 2 nitrogen and oxygen atoms in total. The number of anilines is 1. The van der Waals surface area contributed by atoms with Crippen LogP contribution in [0.2, 0.25) is 0 Å². The third-order valence-corrected chi connectivity index (χ3v) is 4.64. The lowest BCUT2D eigenvalue weighted by atomic mass is 9.85. The Labute approximate surface area is 117 Å². The van der Waals surface area contributed by atoms with Crippen LogP contribution < -0.4 is 4.90 Å². The summed E-state index contributed by atoms with van der Waals surface area (Å²) in [6, 6.07) is 9.09. The number of nitrogens with zero attached hydrogens (tertiary/aromatic N) is 1. The molecule has 1 aromatic carbocycles. The van der Waals surface area contributed by atoms with E-state index in [4.69, 9.17) is 0 Å². The molecule has 0 saturated heterocycles. The average molecular weight is 261 g/mol. The first-order chi connectivity index (χ1) is 9.13. The largest absolute Gasteiger partial charge is 0.388 e. The number of hydrogen-bond donors (Lipinski definition) is 1. The van der Waals surface area contributed by atoms with E-state index in [1.807, 2.05) is 6.92 Å². The lowest BCUT2D eigenvalue weighted by molar-refractivity contribution is 0.173. The summed E-state index contributed by atoms with van der Waals surface area (Å²) < 4.78 is 0. The molecule has 1 aliphatic rings. The minimum atomic E-state index is -0.326. The Bertz CT molecular complexity index is 387. The third-order valence-electron chi connectivity index (χ3n) is 4.64. The molecule has 1 aromatic rings. The molecule has 0 aromatic heterocycles. The minimum absolute atomic E-state index is 0.326. The maximum atomic E-state index is 9.84. The fraction of sp³-hybridized carbons (Fsp3) is 0.647. The SMILES string of the molecule is CCC(O)c1ccc(N(C)C2CCCCC2C)cc1. The van der Waals surface area contributed by atoms with Crippen LogP contribution in [-0.4, -0.2) is 18.2 Å². The second kappa shape index (κ2) is 6.42. The Morgan fingerprint density at radius 1 is 1.21 bits per heavy atom. The van der Waals surface area contributed by atoms with Crippen molar-refractivity contribution in [3.05, 3.63) is 29.8 Å². The van der Waals surface area contributed by atoms with Crippen LogP contribution in [0.3, 0.4) is 0 Å². The highest BCUT2D eigenvalue weighted by atomic mass is 16.3. The Kier molecular flexibility index (Phi) is 4.87. The van der Waals surface area contributed by atoms with E-state index < -0.39 is 0 Å². The van der Waals surface area contributed by atoms with Gasteiger partial charge < -0.3 is 10.0 Å². The van der Waals surface area contributed by atoms with Crippen molar-refractivity contribution in [3.8, 4) is 0 Å². The van der Waals surface area contributed by atoms with Gasteiger partial charge in [-0.3, -0.25) is 0 Å². The molecule has 0 aliphatic heterocycles. The van der Waals surface area contributed by atoms with Gasteiger partial charge in [-0.25, -0.2) is 0 Å². The van der Waals surface area contributed by atoms with E-state index in [2.05, 4.69) is 43.1 Å². The molecule has 0 radical (unpaired) electrons. The molecule has 1 N–H and O–H groups in total. The predicted octanol–water partition coefficient (Wildman–Crippen LogP) is 4.14. The molecule has 3 atom stereocenters. The summed E-state index contributed by atoms with van der Waals surface area (Å²) in [4.78, 5) is 2.42. The van der Waals surface area contributed by atoms with E-state index in [0.717, 1.165) is 17.9 Å². The Balaban J connectivity index is 2.08. The smallest absolute Gasteiger partial charge is 0.0787 e. The molecule has 2 rings (SSSR count). The van der Waals surface area contributed by atoms with Crippen molar-refractivity contribution in [1.29, 1.82) is 0 Å². The monoisotopic (exact) mass is 261 g/mol. The molecule has 1 saturated carbocycles. The van der Waals surface area contributed by atoms with Crippen molar-refractivity contribution in [1.82, 2.24) is 0 Å². The third kappa shape index (κ3) is 3.30. The summed E-state index contributed by atoms with van der Waals surface area (Å²) in [6.07, 6.45) is 5.83. The number of aliphatic hydroxyl groups excluding tert-OH is 1. The first-order valence-corrected chi connectivity index (χ1v) is 7.64. The highest BCUT2D eigenvalue weighted by molar-refractivity contribution is 5.48. The van der Waals surface area contributed by atoms with Crippen molar-refractivity contribution in [3.63, 3.8) is 0 Å². The van der Waals surface area contributed by atoms with Crippen LogP contribution in [0.1, 0.15) is 57.6 Å². The van der Waals surface area contributed by atoms with Crippen LogP contribution in [0.15, 0.2) is 24.3 Å². The Hall–Kier alpha value is -1.02. The zero-order valence-electron chi connectivity index (χ0n) is 12.5. The molecule has 3 unspecified atom stereocenters.